The molecule has 2 N–H and O–H groups in total. The highest BCUT2D eigenvalue weighted by atomic mass is 28.3. The van der Waals surface area contributed by atoms with Crippen LogP contribution in [0.4, 0.5) is 0 Å². The Labute approximate surface area is 86.7 Å². The van der Waals surface area contributed by atoms with Gasteiger partial charge in [-0.3, -0.25) is 0 Å². The van der Waals surface area contributed by atoms with Crippen LogP contribution in [0.3, 0.4) is 0 Å². The van der Waals surface area contributed by atoms with Crippen molar-refractivity contribution in [2.24, 2.45) is 0 Å². The molecule has 0 aliphatic heterocycles. The molecule has 14 heavy (non-hydrogen) atoms. The second-order valence-electron chi connectivity index (χ2n) is 4.96. The van der Waals surface area contributed by atoms with Crippen molar-refractivity contribution in [2.45, 2.75) is 44.2 Å². The Morgan fingerprint density at radius 3 is 2.57 bits per heavy atom. The summed E-state index contributed by atoms with van der Waals surface area (Å²) in [5.74, 6) is 3.03. The zero-order valence-electron chi connectivity index (χ0n) is 9.04. The summed E-state index contributed by atoms with van der Waals surface area (Å²) in [6, 6.07) is 0. The molecule has 78 valence electrons. The van der Waals surface area contributed by atoms with E-state index in [0.717, 1.165) is 0 Å². The Balaban J connectivity index is 2.53. The van der Waals surface area contributed by atoms with Crippen LogP contribution in [0.1, 0.15) is 12.8 Å². The van der Waals surface area contributed by atoms with Crippen LogP contribution in [0.5, 0.6) is 0 Å². The summed E-state index contributed by atoms with van der Waals surface area (Å²) in [6.07, 6.45) is 3.61. The predicted molar refractivity (Wildman–Crippen MR) is 60.5 cm³/mol. The zero-order valence-corrected chi connectivity index (χ0v) is 10.0. The van der Waals surface area contributed by atoms with E-state index in [4.69, 9.17) is 0 Å². The highest BCUT2D eigenvalue weighted by Crippen LogP contribution is 2.25. The molecule has 0 heterocycles. The van der Waals surface area contributed by atoms with E-state index in [1.54, 1.807) is 12.2 Å². The van der Waals surface area contributed by atoms with Crippen LogP contribution < -0.4 is 0 Å². The van der Waals surface area contributed by atoms with Gasteiger partial charge >= 0.3 is 0 Å². The second kappa shape index (κ2) is 3.89. The molecule has 2 nitrogen and oxygen atoms in total. The van der Waals surface area contributed by atoms with Gasteiger partial charge in [0.15, 0.2) is 0 Å². The maximum Gasteiger partial charge on any atom is 0.129 e. The van der Waals surface area contributed by atoms with Gasteiger partial charge in [-0.15, -0.1) is 11.5 Å². The van der Waals surface area contributed by atoms with E-state index in [2.05, 4.69) is 31.1 Å². The van der Waals surface area contributed by atoms with Crippen LogP contribution in [0, 0.1) is 11.5 Å². The van der Waals surface area contributed by atoms with Gasteiger partial charge in [-0.2, -0.15) is 0 Å². The number of hydrogen-bond donors (Lipinski definition) is 2. The van der Waals surface area contributed by atoms with E-state index in [9.17, 15) is 10.2 Å². The first-order chi connectivity index (χ1) is 6.31. The topological polar surface area (TPSA) is 40.5 Å². The summed E-state index contributed by atoms with van der Waals surface area (Å²) in [6.45, 7) is 6.51. The average Bonchev–Trinajstić information content (AvgIpc) is 2.28. The van der Waals surface area contributed by atoms with Gasteiger partial charge in [0.1, 0.15) is 8.07 Å². The van der Waals surface area contributed by atoms with Gasteiger partial charge in [-0.25, -0.2) is 0 Å². The maximum absolute atomic E-state index is 9.92. The average molecular weight is 210 g/mol. The van der Waals surface area contributed by atoms with Crippen LogP contribution in [0.2, 0.25) is 19.6 Å². The van der Waals surface area contributed by atoms with Gasteiger partial charge in [-0.1, -0.05) is 31.8 Å². The molecule has 0 saturated carbocycles. The molecule has 0 aromatic rings. The first-order valence-electron chi connectivity index (χ1n) is 4.91. The zero-order chi connectivity index (χ0) is 10.8. The smallest absolute Gasteiger partial charge is 0.129 e. The van der Waals surface area contributed by atoms with Crippen LogP contribution in [0.15, 0.2) is 12.2 Å². The lowest BCUT2D eigenvalue weighted by Crippen LogP contribution is -2.25. The van der Waals surface area contributed by atoms with E-state index >= 15 is 0 Å². The first kappa shape index (κ1) is 11.5. The number of rotatable bonds is 1. The number of aliphatic hydroxyl groups is 2. The molecular formula is C11H18O2Si. The van der Waals surface area contributed by atoms with Crippen molar-refractivity contribution < 1.29 is 10.2 Å². The molecule has 1 aliphatic rings. The molecule has 1 aliphatic carbocycles. The second-order valence-corrected chi connectivity index (χ2v) is 9.71. The van der Waals surface area contributed by atoms with Crippen LogP contribution in [-0.2, 0) is 0 Å². The Bertz CT molecular complexity index is 293. The summed E-state index contributed by atoms with van der Waals surface area (Å²) < 4.78 is 0. The Morgan fingerprint density at radius 2 is 2.14 bits per heavy atom. The van der Waals surface area contributed by atoms with E-state index in [1.807, 2.05) is 0 Å². The Morgan fingerprint density at radius 1 is 1.50 bits per heavy atom. The van der Waals surface area contributed by atoms with Crippen molar-refractivity contribution in [3.8, 4) is 11.5 Å². The van der Waals surface area contributed by atoms with E-state index in [-0.39, 0.29) is 0 Å². The summed E-state index contributed by atoms with van der Waals surface area (Å²) in [7, 11) is -1.34. The molecule has 0 fully saturated rings. The SMILES string of the molecule is C[Si](C)(C)C#CCC1(O)C=CC(O)C1. The molecule has 0 aromatic carbocycles. The highest BCUT2D eigenvalue weighted by molar-refractivity contribution is 6.83. The molecule has 0 aromatic heterocycles. The molecule has 2 unspecified atom stereocenters. The minimum atomic E-state index is -1.34. The molecular weight excluding hydrogens is 192 g/mol. The third-order valence-electron chi connectivity index (χ3n) is 2.05. The third kappa shape index (κ3) is 3.67. The van der Waals surface area contributed by atoms with Crippen molar-refractivity contribution >= 4 is 8.07 Å². The molecule has 3 heteroatoms. The van der Waals surface area contributed by atoms with Gasteiger partial charge < -0.3 is 10.2 Å². The van der Waals surface area contributed by atoms with Crippen LogP contribution in [-0.4, -0.2) is 30.0 Å². The summed E-state index contributed by atoms with van der Waals surface area (Å²) in [4.78, 5) is 0. The summed E-state index contributed by atoms with van der Waals surface area (Å²) in [5.41, 5.74) is 2.31. The normalized spacial score (nSPS) is 31.4. The number of aliphatic hydroxyl groups excluding tert-OH is 1. The van der Waals surface area contributed by atoms with E-state index in [1.165, 1.54) is 0 Å². The maximum atomic E-state index is 9.92. The molecule has 1 rings (SSSR count). The van der Waals surface area contributed by atoms with Gasteiger partial charge in [0.2, 0.25) is 0 Å². The van der Waals surface area contributed by atoms with E-state index < -0.39 is 19.8 Å². The highest BCUT2D eigenvalue weighted by Gasteiger charge is 2.30. The van der Waals surface area contributed by atoms with Crippen molar-refractivity contribution in [3.63, 3.8) is 0 Å². The Hall–Kier alpha value is -0.563. The van der Waals surface area contributed by atoms with Gasteiger partial charge in [0.25, 0.3) is 0 Å². The van der Waals surface area contributed by atoms with Crippen LogP contribution in [0.25, 0.3) is 0 Å². The van der Waals surface area contributed by atoms with Crippen molar-refractivity contribution in [2.75, 3.05) is 0 Å². The minimum Gasteiger partial charge on any atom is -0.389 e. The molecule has 0 saturated heterocycles. The van der Waals surface area contributed by atoms with Gasteiger partial charge in [0.05, 0.1) is 11.7 Å². The summed E-state index contributed by atoms with van der Waals surface area (Å²) >= 11 is 0. The fourth-order valence-corrected chi connectivity index (χ4v) is 2.00. The molecule has 0 bridgehead atoms. The first-order valence-corrected chi connectivity index (χ1v) is 8.41. The van der Waals surface area contributed by atoms with Crippen molar-refractivity contribution in [1.29, 1.82) is 0 Å². The molecule has 2 atom stereocenters. The minimum absolute atomic E-state index is 0.382. The fourth-order valence-electron chi connectivity index (χ4n) is 1.38. The molecule has 0 amide bonds. The number of hydrogen-bond acceptors (Lipinski definition) is 2. The lowest BCUT2D eigenvalue weighted by Gasteiger charge is -2.17. The van der Waals surface area contributed by atoms with Crippen molar-refractivity contribution in [3.05, 3.63) is 12.2 Å². The van der Waals surface area contributed by atoms with Crippen molar-refractivity contribution in [1.82, 2.24) is 0 Å². The molecule has 0 spiro atoms. The monoisotopic (exact) mass is 210 g/mol. The quantitative estimate of drug-likeness (QED) is 0.389. The standard InChI is InChI=1S/C11H18O2Si/c1-14(2,3)8-4-6-11(13)7-5-10(12)9-11/h5,7,10,12-13H,6,9H2,1-3H3. The van der Waals surface area contributed by atoms with Crippen LogP contribution >= 0.6 is 0 Å². The van der Waals surface area contributed by atoms with Gasteiger partial charge in [-0.05, 0) is 0 Å². The lowest BCUT2D eigenvalue weighted by atomic mass is 9.99. The van der Waals surface area contributed by atoms with Gasteiger partial charge in [0, 0.05) is 12.8 Å². The largest absolute Gasteiger partial charge is 0.389 e. The fraction of sp³-hybridized carbons (Fsp3) is 0.636. The lowest BCUT2D eigenvalue weighted by molar-refractivity contribution is 0.0626. The predicted octanol–water partition coefficient (Wildman–Crippen LogP) is 1.31. The molecule has 0 radical (unpaired) electrons. The Kier molecular flexibility index (Phi) is 3.20. The van der Waals surface area contributed by atoms with E-state index in [0.29, 0.717) is 12.8 Å². The third-order valence-corrected chi connectivity index (χ3v) is 2.98. The summed E-state index contributed by atoms with van der Waals surface area (Å²) in [5, 5.41) is 19.2.